The number of benzene rings is 1. The maximum absolute atomic E-state index is 12.5. The quantitative estimate of drug-likeness (QED) is 0.822. The molecule has 1 aromatic heterocycles. The van der Waals surface area contributed by atoms with Gasteiger partial charge in [-0.15, -0.1) is 0 Å². The lowest BCUT2D eigenvalue weighted by molar-refractivity contribution is 0.0600. The second-order valence-corrected chi connectivity index (χ2v) is 6.67. The van der Waals surface area contributed by atoms with Crippen molar-refractivity contribution in [1.29, 1.82) is 0 Å². The van der Waals surface area contributed by atoms with Crippen molar-refractivity contribution >= 4 is 16.0 Å². The highest BCUT2D eigenvalue weighted by molar-refractivity contribution is 7.89. The zero-order valence-corrected chi connectivity index (χ0v) is 14.0. The van der Waals surface area contributed by atoms with E-state index < -0.39 is 22.0 Å². The van der Waals surface area contributed by atoms with Crippen LogP contribution in [0, 0.1) is 13.8 Å². The van der Waals surface area contributed by atoms with Crippen LogP contribution in [0.4, 0.5) is 0 Å². The molecule has 1 atom stereocenters. The first-order valence-electron chi connectivity index (χ1n) is 6.76. The molecular weight excluding hydrogens is 322 g/mol. The highest BCUT2D eigenvalue weighted by Crippen LogP contribution is 2.20. The zero-order valence-electron chi connectivity index (χ0n) is 13.2. The molecule has 0 saturated carbocycles. The van der Waals surface area contributed by atoms with Crippen molar-refractivity contribution in [3.63, 3.8) is 0 Å². The van der Waals surface area contributed by atoms with Crippen LogP contribution in [0.25, 0.3) is 0 Å². The van der Waals surface area contributed by atoms with Gasteiger partial charge < -0.3 is 9.26 Å². The molecule has 1 aromatic carbocycles. The molecule has 1 N–H and O–H groups in total. The zero-order chi connectivity index (χ0) is 17.2. The number of carbonyl (C=O) groups excluding carboxylic acids is 1. The summed E-state index contributed by atoms with van der Waals surface area (Å²) in [4.78, 5) is 15.5. The molecule has 2 rings (SSSR count). The average Bonchev–Trinajstić information content (AvgIpc) is 2.92. The van der Waals surface area contributed by atoms with Gasteiger partial charge in [0.2, 0.25) is 15.9 Å². The predicted octanol–water partition coefficient (Wildman–Crippen LogP) is 1.51. The molecular formula is C14H17N3O5S. The Labute approximate surface area is 133 Å². The number of esters is 1. The molecule has 0 aliphatic carbocycles. The molecule has 0 aliphatic heterocycles. The molecule has 0 spiro atoms. The van der Waals surface area contributed by atoms with Crippen LogP contribution in [0.2, 0.25) is 0 Å². The van der Waals surface area contributed by atoms with Gasteiger partial charge in [0.15, 0.2) is 5.82 Å². The molecule has 8 nitrogen and oxygen atoms in total. The lowest BCUT2D eigenvalue weighted by Gasteiger charge is -2.13. The molecule has 124 valence electrons. The van der Waals surface area contributed by atoms with Crippen molar-refractivity contribution in [2.75, 3.05) is 7.11 Å². The van der Waals surface area contributed by atoms with Crippen molar-refractivity contribution in [2.24, 2.45) is 0 Å². The van der Waals surface area contributed by atoms with Crippen LogP contribution in [-0.2, 0) is 14.8 Å². The largest absolute Gasteiger partial charge is 0.465 e. The maximum Gasteiger partial charge on any atom is 0.337 e. The lowest BCUT2D eigenvalue weighted by atomic mass is 10.1. The first-order valence-corrected chi connectivity index (χ1v) is 8.24. The van der Waals surface area contributed by atoms with Crippen LogP contribution >= 0.6 is 0 Å². The summed E-state index contributed by atoms with van der Waals surface area (Å²) in [6.45, 7) is 4.83. The molecule has 0 amide bonds. The number of hydrogen-bond acceptors (Lipinski definition) is 7. The number of hydrogen-bond donors (Lipinski definition) is 1. The molecule has 1 heterocycles. The van der Waals surface area contributed by atoms with E-state index in [-0.39, 0.29) is 16.3 Å². The van der Waals surface area contributed by atoms with Crippen molar-refractivity contribution in [1.82, 2.24) is 14.9 Å². The summed E-state index contributed by atoms with van der Waals surface area (Å²) in [5.41, 5.74) is 0.711. The van der Waals surface area contributed by atoms with Gasteiger partial charge in [0.1, 0.15) is 0 Å². The molecule has 9 heteroatoms. The Morgan fingerprint density at radius 1 is 1.35 bits per heavy atom. The van der Waals surface area contributed by atoms with E-state index in [9.17, 15) is 13.2 Å². The normalized spacial score (nSPS) is 12.9. The van der Waals surface area contributed by atoms with Crippen molar-refractivity contribution in [3.05, 3.63) is 41.0 Å². The fraction of sp³-hybridized carbons (Fsp3) is 0.357. The summed E-state index contributed by atoms with van der Waals surface area (Å²) in [5.74, 6) is 0.0696. The fourth-order valence-corrected chi connectivity index (χ4v) is 3.46. The van der Waals surface area contributed by atoms with E-state index in [1.165, 1.54) is 25.3 Å². The minimum atomic E-state index is -3.80. The molecule has 0 radical (unpaired) electrons. The summed E-state index contributed by atoms with van der Waals surface area (Å²) in [6.07, 6.45) is 0. The van der Waals surface area contributed by atoms with Crippen molar-refractivity contribution in [2.45, 2.75) is 31.7 Å². The van der Waals surface area contributed by atoms with Crippen LogP contribution < -0.4 is 4.72 Å². The highest BCUT2D eigenvalue weighted by Gasteiger charge is 2.23. The minimum Gasteiger partial charge on any atom is -0.465 e. The third-order valence-electron chi connectivity index (χ3n) is 3.15. The SMILES string of the molecule is COC(=O)c1ccc(S(=O)(=O)N[C@@H](C)c2noc(C)n2)c(C)c1. The van der Waals surface area contributed by atoms with Crippen LogP contribution in [0.3, 0.4) is 0 Å². The van der Waals surface area contributed by atoms with E-state index in [1.807, 2.05) is 0 Å². The Hall–Kier alpha value is -2.26. The van der Waals surface area contributed by atoms with Crippen LogP contribution in [0.5, 0.6) is 0 Å². The van der Waals surface area contributed by atoms with E-state index in [0.717, 1.165) is 0 Å². The number of methoxy groups -OCH3 is 1. The third-order valence-corrected chi connectivity index (χ3v) is 4.85. The molecule has 2 aromatic rings. The summed E-state index contributed by atoms with van der Waals surface area (Å²) >= 11 is 0. The molecule has 0 saturated heterocycles. The maximum atomic E-state index is 12.5. The Kier molecular flexibility index (Phi) is 4.81. The summed E-state index contributed by atoms with van der Waals surface area (Å²) < 4.78 is 36.9. The summed E-state index contributed by atoms with van der Waals surface area (Å²) in [7, 11) is -2.54. The average molecular weight is 339 g/mol. The van der Waals surface area contributed by atoms with E-state index in [0.29, 0.717) is 11.5 Å². The second kappa shape index (κ2) is 6.47. The van der Waals surface area contributed by atoms with Gasteiger partial charge in [-0.3, -0.25) is 0 Å². The number of ether oxygens (including phenoxy) is 1. The van der Waals surface area contributed by atoms with E-state index in [1.54, 1.807) is 20.8 Å². The molecule has 23 heavy (non-hydrogen) atoms. The third kappa shape index (κ3) is 3.74. The highest BCUT2D eigenvalue weighted by atomic mass is 32.2. The van der Waals surface area contributed by atoms with Gasteiger partial charge in [-0.2, -0.15) is 4.98 Å². The Balaban J connectivity index is 2.27. The van der Waals surface area contributed by atoms with Gasteiger partial charge in [-0.1, -0.05) is 5.16 Å². The van der Waals surface area contributed by atoms with Gasteiger partial charge in [-0.05, 0) is 37.6 Å². The fourth-order valence-electron chi connectivity index (χ4n) is 2.04. The Morgan fingerprint density at radius 2 is 2.04 bits per heavy atom. The Bertz CT molecular complexity index is 829. The number of rotatable bonds is 5. The van der Waals surface area contributed by atoms with Gasteiger partial charge in [-0.25, -0.2) is 17.9 Å². The minimum absolute atomic E-state index is 0.0669. The summed E-state index contributed by atoms with van der Waals surface area (Å²) in [6, 6.07) is 3.57. The van der Waals surface area contributed by atoms with Crippen molar-refractivity contribution < 1.29 is 22.5 Å². The number of nitrogens with one attached hydrogen (secondary N) is 1. The monoisotopic (exact) mass is 339 g/mol. The molecule has 0 aliphatic rings. The van der Waals surface area contributed by atoms with E-state index >= 15 is 0 Å². The van der Waals surface area contributed by atoms with Gasteiger partial charge >= 0.3 is 5.97 Å². The number of carbonyl (C=O) groups is 1. The van der Waals surface area contributed by atoms with Crippen LogP contribution in [0.15, 0.2) is 27.6 Å². The number of aryl methyl sites for hydroxylation is 2. The van der Waals surface area contributed by atoms with Crippen LogP contribution in [-0.4, -0.2) is 31.6 Å². The first kappa shape index (κ1) is 17.1. The van der Waals surface area contributed by atoms with Gasteiger partial charge in [0.05, 0.1) is 23.6 Å². The van der Waals surface area contributed by atoms with Crippen LogP contribution in [0.1, 0.15) is 40.6 Å². The lowest BCUT2D eigenvalue weighted by Crippen LogP contribution is -2.28. The predicted molar refractivity (Wildman–Crippen MR) is 80.3 cm³/mol. The number of sulfonamides is 1. The topological polar surface area (TPSA) is 111 Å². The molecule has 0 fully saturated rings. The molecule has 0 unspecified atom stereocenters. The number of aromatic nitrogens is 2. The van der Waals surface area contributed by atoms with Gasteiger partial charge in [0.25, 0.3) is 0 Å². The van der Waals surface area contributed by atoms with Gasteiger partial charge in [0, 0.05) is 6.92 Å². The van der Waals surface area contributed by atoms with Crippen molar-refractivity contribution in [3.8, 4) is 0 Å². The van der Waals surface area contributed by atoms with E-state index in [2.05, 4.69) is 19.6 Å². The summed E-state index contributed by atoms with van der Waals surface area (Å²) in [5, 5.41) is 3.69. The molecule has 0 bridgehead atoms. The standard InChI is InChI=1S/C14H17N3O5S/c1-8-7-11(14(18)21-4)5-6-12(8)23(19,20)17-9(2)13-15-10(3)22-16-13/h5-7,9,17H,1-4H3/t9-/m0/s1. The van der Waals surface area contributed by atoms with E-state index in [4.69, 9.17) is 4.52 Å². The Morgan fingerprint density at radius 3 is 2.57 bits per heavy atom. The smallest absolute Gasteiger partial charge is 0.337 e. The second-order valence-electron chi connectivity index (χ2n) is 4.99. The number of nitrogens with zero attached hydrogens (tertiary/aromatic N) is 2. The first-order chi connectivity index (χ1) is 10.7.